The first kappa shape index (κ1) is 15.1. The lowest BCUT2D eigenvalue weighted by Crippen LogP contribution is -2.57. The zero-order chi connectivity index (χ0) is 14.7. The molecule has 2 rings (SSSR count). The van der Waals surface area contributed by atoms with E-state index in [1.807, 2.05) is 0 Å². The van der Waals surface area contributed by atoms with Crippen LogP contribution in [0.1, 0.15) is 26.7 Å². The number of rotatable bonds is 5. The molecule has 0 aliphatic carbocycles. The number of carboxylic acids is 1. The van der Waals surface area contributed by atoms with Crippen molar-refractivity contribution in [3.8, 4) is 0 Å². The molecule has 0 aromatic rings. The Bertz CT molecular complexity index is 368. The van der Waals surface area contributed by atoms with Gasteiger partial charge in [0.2, 0.25) is 0 Å². The molecule has 2 saturated heterocycles. The number of carbonyl (C=O) groups is 2. The van der Waals surface area contributed by atoms with Crippen LogP contribution in [0.25, 0.3) is 0 Å². The lowest BCUT2D eigenvalue weighted by molar-refractivity contribution is -0.144. The number of nitrogens with one attached hydrogen (secondary N) is 1. The van der Waals surface area contributed by atoms with Gasteiger partial charge in [-0.3, -0.25) is 4.79 Å². The van der Waals surface area contributed by atoms with Gasteiger partial charge in [0.1, 0.15) is 0 Å². The van der Waals surface area contributed by atoms with Crippen LogP contribution >= 0.6 is 0 Å². The summed E-state index contributed by atoms with van der Waals surface area (Å²) in [6.45, 7) is 6.30. The zero-order valence-corrected chi connectivity index (χ0v) is 12.2. The fourth-order valence-electron chi connectivity index (χ4n) is 2.90. The molecule has 0 aromatic heterocycles. The number of ether oxygens (including phenoxy) is 1. The monoisotopic (exact) mass is 284 g/mol. The van der Waals surface area contributed by atoms with E-state index in [1.165, 1.54) is 0 Å². The second-order valence-electron chi connectivity index (χ2n) is 5.84. The molecule has 6 nitrogen and oxygen atoms in total. The van der Waals surface area contributed by atoms with Crippen LogP contribution in [0.3, 0.4) is 0 Å². The number of hydrogen-bond acceptors (Lipinski definition) is 3. The summed E-state index contributed by atoms with van der Waals surface area (Å²) >= 11 is 0. The highest BCUT2D eigenvalue weighted by atomic mass is 16.5. The maximum absolute atomic E-state index is 11.9. The Labute approximate surface area is 119 Å². The van der Waals surface area contributed by atoms with Crippen molar-refractivity contribution in [1.82, 2.24) is 10.2 Å². The van der Waals surface area contributed by atoms with Crippen molar-refractivity contribution in [2.75, 3.05) is 26.2 Å². The van der Waals surface area contributed by atoms with Crippen LogP contribution in [0.2, 0.25) is 0 Å². The quantitative estimate of drug-likeness (QED) is 0.794. The average molecular weight is 284 g/mol. The normalized spacial score (nSPS) is 28.0. The van der Waals surface area contributed by atoms with Crippen molar-refractivity contribution >= 4 is 12.0 Å². The number of hydrogen-bond donors (Lipinski definition) is 2. The van der Waals surface area contributed by atoms with Crippen molar-refractivity contribution in [1.29, 1.82) is 0 Å². The van der Waals surface area contributed by atoms with E-state index >= 15 is 0 Å². The van der Waals surface area contributed by atoms with Crippen LogP contribution in [0.4, 0.5) is 4.79 Å². The van der Waals surface area contributed by atoms with Crippen LogP contribution in [-0.2, 0) is 9.53 Å². The fraction of sp³-hybridized carbons (Fsp3) is 0.857. The minimum atomic E-state index is -0.788. The number of aliphatic carboxylic acids is 1. The highest BCUT2D eigenvalue weighted by molar-refractivity contribution is 5.76. The van der Waals surface area contributed by atoms with Crippen LogP contribution in [0.15, 0.2) is 0 Å². The van der Waals surface area contributed by atoms with Gasteiger partial charge in [-0.2, -0.15) is 0 Å². The highest BCUT2D eigenvalue weighted by Gasteiger charge is 2.37. The predicted octanol–water partition coefficient (Wildman–Crippen LogP) is 1.16. The van der Waals surface area contributed by atoms with Gasteiger partial charge in [0.25, 0.3) is 0 Å². The lowest BCUT2D eigenvalue weighted by atomic mass is 9.87. The largest absolute Gasteiger partial charge is 0.481 e. The fourth-order valence-corrected chi connectivity index (χ4v) is 2.90. The van der Waals surface area contributed by atoms with Gasteiger partial charge in [0, 0.05) is 38.1 Å². The SMILES string of the molecule is CCC1OCCC1CNC(=O)N1CC(C(C)C(=O)O)C1. The van der Waals surface area contributed by atoms with Crippen LogP contribution in [0.5, 0.6) is 0 Å². The van der Waals surface area contributed by atoms with Crippen LogP contribution in [0, 0.1) is 17.8 Å². The van der Waals surface area contributed by atoms with Gasteiger partial charge in [-0.15, -0.1) is 0 Å². The predicted molar refractivity (Wildman–Crippen MR) is 73.4 cm³/mol. The summed E-state index contributed by atoms with van der Waals surface area (Å²) in [6.07, 6.45) is 2.23. The molecule has 0 aromatic carbocycles. The Kier molecular flexibility index (Phi) is 4.86. The van der Waals surface area contributed by atoms with Crippen molar-refractivity contribution in [2.24, 2.45) is 17.8 Å². The standard InChI is InChI=1S/C14H24N2O4/c1-3-12-10(4-5-20-12)6-15-14(19)16-7-11(8-16)9(2)13(17)18/h9-12H,3-8H2,1-2H3,(H,15,19)(H,17,18). The second-order valence-corrected chi connectivity index (χ2v) is 5.84. The maximum Gasteiger partial charge on any atom is 0.317 e. The van der Waals surface area contributed by atoms with Crippen molar-refractivity contribution in [3.05, 3.63) is 0 Å². The molecule has 6 heteroatoms. The molecule has 0 saturated carbocycles. The van der Waals surface area contributed by atoms with E-state index in [-0.39, 0.29) is 24.0 Å². The molecule has 20 heavy (non-hydrogen) atoms. The Morgan fingerprint density at radius 1 is 1.45 bits per heavy atom. The van der Waals surface area contributed by atoms with E-state index < -0.39 is 5.97 Å². The van der Waals surface area contributed by atoms with Crippen molar-refractivity contribution in [3.63, 3.8) is 0 Å². The molecular formula is C14H24N2O4. The molecule has 0 radical (unpaired) electrons. The van der Waals surface area contributed by atoms with Gasteiger partial charge in [-0.25, -0.2) is 4.79 Å². The summed E-state index contributed by atoms with van der Waals surface area (Å²) < 4.78 is 5.59. The third-order valence-electron chi connectivity index (χ3n) is 4.56. The Hall–Kier alpha value is -1.30. The Balaban J connectivity index is 1.68. The molecule has 2 aliphatic heterocycles. The van der Waals surface area contributed by atoms with E-state index in [1.54, 1.807) is 11.8 Å². The molecule has 2 fully saturated rings. The van der Waals surface area contributed by atoms with Gasteiger partial charge >= 0.3 is 12.0 Å². The number of urea groups is 1. The number of carbonyl (C=O) groups excluding carboxylic acids is 1. The van der Waals surface area contributed by atoms with Gasteiger partial charge in [0.15, 0.2) is 0 Å². The summed E-state index contributed by atoms with van der Waals surface area (Å²) in [5, 5.41) is 11.9. The van der Waals surface area contributed by atoms with E-state index in [0.29, 0.717) is 25.6 Å². The van der Waals surface area contributed by atoms with Gasteiger partial charge in [-0.1, -0.05) is 13.8 Å². The van der Waals surface area contributed by atoms with Crippen molar-refractivity contribution in [2.45, 2.75) is 32.8 Å². The third-order valence-corrected chi connectivity index (χ3v) is 4.56. The Morgan fingerprint density at radius 3 is 2.75 bits per heavy atom. The van der Waals surface area contributed by atoms with Crippen LogP contribution < -0.4 is 5.32 Å². The van der Waals surface area contributed by atoms with Crippen molar-refractivity contribution < 1.29 is 19.4 Å². The van der Waals surface area contributed by atoms with E-state index in [9.17, 15) is 9.59 Å². The molecule has 3 atom stereocenters. The third kappa shape index (κ3) is 3.23. The zero-order valence-electron chi connectivity index (χ0n) is 12.2. The molecule has 3 unspecified atom stereocenters. The molecule has 2 heterocycles. The summed E-state index contributed by atoms with van der Waals surface area (Å²) in [5.41, 5.74) is 0. The minimum Gasteiger partial charge on any atom is -0.481 e. The lowest BCUT2D eigenvalue weighted by Gasteiger charge is -2.41. The minimum absolute atomic E-state index is 0.0801. The van der Waals surface area contributed by atoms with E-state index in [2.05, 4.69) is 12.2 Å². The molecular weight excluding hydrogens is 260 g/mol. The average Bonchev–Trinajstić information content (AvgIpc) is 2.81. The number of carboxylic acid groups (broad SMARTS) is 1. The first-order valence-corrected chi connectivity index (χ1v) is 7.40. The van der Waals surface area contributed by atoms with Gasteiger partial charge < -0.3 is 20.1 Å². The van der Waals surface area contributed by atoms with E-state index in [0.717, 1.165) is 19.4 Å². The molecule has 0 spiro atoms. The van der Waals surface area contributed by atoms with Gasteiger partial charge in [0.05, 0.1) is 12.0 Å². The number of likely N-dealkylation sites (tertiary alicyclic amines) is 1. The maximum atomic E-state index is 11.9. The Morgan fingerprint density at radius 2 is 2.15 bits per heavy atom. The summed E-state index contributed by atoms with van der Waals surface area (Å²) in [5.74, 6) is -0.689. The summed E-state index contributed by atoms with van der Waals surface area (Å²) in [7, 11) is 0. The first-order chi connectivity index (χ1) is 9.52. The van der Waals surface area contributed by atoms with Crippen LogP contribution in [-0.4, -0.2) is 54.4 Å². The molecule has 2 amide bonds. The summed E-state index contributed by atoms with van der Waals surface area (Å²) in [6, 6.07) is -0.0828. The topological polar surface area (TPSA) is 78.9 Å². The molecule has 0 bridgehead atoms. The number of nitrogens with zero attached hydrogens (tertiary/aromatic N) is 1. The smallest absolute Gasteiger partial charge is 0.317 e. The summed E-state index contributed by atoms with van der Waals surface area (Å²) in [4.78, 5) is 24.5. The highest BCUT2D eigenvalue weighted by Crippen LogP contribution is 2.25. The van der Waals surface area contributed by atoms with Gasteiger partial charge in [-0.05, 0) is 12.8 Å². The second kappa shape index (κ2) is 6.43. The molecule has 114 valence electrons. The first-order valence-electron chi connectivity index (χ1n) is 7.40. The number of amides is 2. The molecule has 2 N–H and O–H groups in total. The molecule has 2 aliphatic rings. The van der Waals surface area contributed by atoms with E-state index in [4.69, 9.17) is 9.84 Å².